The number of rotatable bonds is 4. The van der Waals surface area contributed by atoms with Crippen LogP contribution in [-0.4, -0.2) is 53.1 Å². The van der Waals surface area contributed by atoms with E-state index in [9.17, 15) is 4.79 Å². The molecule has 2 aliphatic rings. The smallest absolute Gasteiger partial charge is 0.335 e. The molecule has 3 heterocycles. The second-order valence-corrected chi connectivity index (χ2v) is 6.35. The molecule has 4 rings (SSSR count). The summed E-state index contributed by atoms with van der Waals surface area (Å²) in [5, 5.41) is 12.2. The normalized spacial score (nSPS) is 18.8. The molecule has 1 aromatic carbocycles. The maximum Gasteiger partial charge on any atom is 0.335 e. The first kappa shape index (κ1) is 16.7. The highest BCUT2D eigenvalue weighted by atomic mass is 16.7. The molecule has 1 spiro atoms. The van der Waals surface area contributed by atoms with Gasteiger partial charge < -0.3 is 24.8 Å². The number of aromatic nitrogens is 2. The van der Waals surface area contributed by atoms with Crippen molar-refractivity contribution in [3.63, 3.8) is 0 Å². The predicted octanol–water partition coefficient (Wildman–Crippen LogP) is 2.26. The molecule has 0 bridgehead atoms. The Morgan fingerprint density at radius 3 is 2.69 bits per heavy atom. The van der Waals surface area contributed by atoms with Gasteiger partial charge >= 0.3 is 5.97 Å². The molecule has 2 N–H and O–H groups in total. The zero-order valence-corrected chi connectivity index (χ0v) is 14.2. The number of hydrogen-bond donors (Lipinski definition) is 2. The van der Waals surface area contributed by atoms with E-state index in [2.05, 4.69) is 20.2 Å². The third-order valence-electron chi connectivity index (χ3n) is 4.65. The molecule has 136 valence electrons. The maximum atomic E-state index is 11.1. The summed E-state index contributed by atoms with van der Waals surface area (Å²) >= 11 is 0. The molecule has 2 fully saturated rings. The van der Waals surface area contributed by atoms with Gasteiger partial charge in [0.2, 0.25) is 5.95 Å². The monoisotopic (exact) mass is 356 g/mol. The van der Waals surface area contributed by atoms with Gasteiger partial charge in [0.25, 0.3) is 0 Å². The third kappa shape index (κ3) is 3.47. The molecule has 2 aromatic rings. The fourth-order valence-electron chi connectivity index (χ4n) is 3.28. The maximum absolute atomic E-state index is 11.1. The molecule has 0 amide bonds. The average Bonchev–Trinajstić information content (AvgIpc) is 3.11. The Hall–Kier alpha value is -2.71. The van der Waals surface area contributed by atoms with Gasteiger partial charge in [-0.25, -0.2) is 9.78 Å². The van der Waals surface area contributed by atoms with E-state index in [1.54, 1.807) is 36.5 Å². The summed E-state index contributed by atoms with van der Waals surface area (Å²) in [5.41, 5.74) is 0.891. The number of aromatic carboxylic acids is 1. The second kappa shape index (κ2) is 6.89. The molecule has 8 heteroatoms. The summed E-state index contributed by atoms with van der Waals surface area (Å²) in [4.78, 5) is 22.1. The first-order valence-electron chi connectivity index (χ1n) is 8.60. The molecule has 2 saturated heterocycles. The van der Waals surface area contributed by atoms with Gasteiger partial charge in [0.1, 0.15) is 5.82 Å². The van der Waals surface area contributed by atoms with Crippen LogP contribution in [0.5, 0.6) is 0 Å². The van der Waals surface area contributed by atoms with Crippen LogP contribution < -0.4 is 10.2 Å². The van der Waals surface area contributed by atoms with Gasteiger partial charge in [-0.2, -0.15) is 4.98 Å². The Labute approximate surface area is 150 Å². The quantitative estimate of drug-likeness (QED) is 0.861. The highest BCUT2D eigenvalue weighted by Crippen LogP contribution is 2.32. The Bertz CT molecular complexity index is 797. The van der Waals surface area contributed by atoms with Gasteiger partial charge in [-0.1, -0.05) is 6.07 Å². The fraction of sp³-hybridized carbons (Fsp3) is 0.389. The number of carboxylic acids is 1. The van der Waals surface area contributed by atoms with Crippen LogP contribution in [0.4, 0.5) is 17.5 Å². The van der Waals surface area contributed by atoms with Gasteiger partial charge in [0.05, 0.1) is 18.8 Å². The highest BCUT2D eigenvalue weighted by molar-refractivity contribution is 5.89. The van der Waals surface area contributed by atoms with Crippen LogP contribution in [0, 0.1) is 0 Å². The van der Waals surface area contributed by atoms with Crippen molar-refractivity contribution in [2.75, 3.05) is 36.5 Å². The summed E-state index contributed by atoms with van der Waals surface area (Å²) in [7, 11) is 0. The van der Waals surface area contributed by atoms with E-state index >= 15 is 0 Å². The van der Waals surface area contributed by atoms with E-state index in [1.807, 2.05) is 0 Å². The molecule has 2 aliphatic heterocycles. The predicted molar refractivity (Wildman–Crippen MR) is 94.8 cm³/mol. The molecule has 0 aliphatic carbocycles. The van der Waals surface area contributed by atoms with E-state index in [0.29, 0.717) is 30.7 Å². The first-order valence-corrected chi connectivity index (χ1v) is 8.60. The van der Waals surface area contributed by atoms with E-state index < -0.39 is 11.8 Å². The van der Waals surface area contributed by atoms with Gasteiger partial charge in [0.15, 0.2) is 5.79 Å². The standard InChI is InChI=1S/C18H20N4O4/c23-16(24)13-2-1-3-14(12-13)20-15-4-7-19-17(21-15)22-8-5-18(6-9-22)25-10-11-26-18/h1-4,7,12H,5-6,8-11H2,(H,23,24)(H,19,20,21). The van der Waals surface area contributed by atoms with Gasteiger partial charge in [0, 0.05) is 37.8 Å². The van der Waals surface area contributed by atoms with Crippen molar-refractivity contribution >= 4 is 23.4 Å². The molecular formula is C18H20N4O4. The number of nitrogens with zero attached hydrogens (tertiary/aromatic N) is 3. The summed E-state index contributed by atoms with van der Waals surface area (Å²) in [6, 6.07) is 8.37. The van der Waals surface area contributed by atoms with Gasteiger partial charge in [-0.15, -0.1) is 0 Å². The molecular weight excluding hydrogens is 336 g/mol. The number of carbonyl (C=O) groups is 1. The summed E-state index contributed by atoms with van der Waals surface area (Å²) in [6.07, 6.45) is 3.27. The molecule has 0 radical (unpaired) electrons. The van der Waals surface area contributed by atoms with Gasteiger partial charge in [-0.05, 0) is 24.3 Å². The summed E-state index contributed by atoms with van der Waals surface area (Å²) < 4.78 is 11.5. The lowest BCUT2D eigenvalue weighted by Crippen LogP contribution is -2.45. The Morgan fingerprint density at radius 2 is 1.96 bits per heavy atom. The van der Waals surface area contributed by atoms with Crippen molar-refractivity contribution in [3.8, 4) is 0 Å². The van der Waals surface area contributed by atoms with Crippen LogP contribution in [0.3, 0.4) is 0 Å². The molecule has 26 heavy (non-hydrogen) atoms. The summed E-state index contributed by atoms with van der Waals surface area (Å²) in [6.45, 7) is 2.84. The lowest BCUT2D eigenvalue weighted by Gasteiger charge is -2.37. The van der Waals surface area contributed by atoms with Crippen LogP contribution in [0.15, 0.2) is 36.5 Å². The largest absolute Gasteiger partial charge is 0.478 e. The van der Waals surface area contributed by atoms with E-state index in [-0.39, 0.29) is 5.56 Å². The van der Waals surface area contributed by atoms with Crippen LogP contribution >= 0.6 is 0 Å². The second-order valence-electron chi connectivity index (χ2n) is 6.35. The van der Waals surface area contributed by atoms with Crippen molar-refractivity contribution in [2.45, 2.75) is 18.6 Å². The molecule has 0 unspecified atom stereocenters. The number of carboxylic acid groups (broad SMARTS) is 1. The number of piperidine rings is 1. The first-order chi connectivity index (χ1) is 12.6. The Kier molecular flexibility index (Phi) is 4.44. The van der Waals surface area contributed by atoms with Crippen LogP contribution in [-0.2, 0) is 9.47 Å². The van der Waals surface area contributed by atoms with Crippen molar-refractivity contribution < 1.29 is 19.4 Å². The van der Waals surface area contributed by atoms with Crippen molar-refractivity contribution in [3.05, 3.63) is 42.1 Å². The molecule has 1 aromatic heterocycles. The number of anilines is 3. The Balaban J connectivity index is 1.45. The summed E-state index contributed by atoms with van der Waals surface area (Å²) in [5.74, 6) is -0.136. The molecule has 0 saturated carbocycles. The topological polar surface area (TPSA) is 96.8 Å². The zero-order valence-electron chi connectivity index (χ0n) is 14.2. The zero-order chi connectivity index (χ0) is 18.0. The lowest BCUT2D eigenvalue weighted by molar-refractivity contribution is -0.169. The number of hydrogen-bond acceptors (Lipinski definition) is 7. The highest BCUT2D eigenvalue weighted by Gasteiger charge is 2.40. The van der Waals surface area contributed by atoms with Crippen molar-refractivity contribution in [2.24, 2.45) is 0 Å². The molecule has 0 atom stereocenters. The van der Waals surface area contributed by atoms with E-state index in [4.69, 9.17) is 14.6 Å². The third-order valence-corrected chi connectivity index (χ3v) is 4.65. The van der Waals surface area contributed by atoms with Gasteiger partial charge in [-0.3, -0.25) is 0 Å². The number of ether oxygens (including phenoxy) is 2. The van der Waals surface area contributed by atoms with Crippen LogP contribution in [0.2, 0.25) is 0 Å². The lowest BCUT2D eigenvalue weighted by atomic mass is 10.0. The minimum Gasteiger partial charge on any atom is -0.478 e. The fourth-order valence-corrected chi connectivity index (χ4v) is 3.28. The van der Waals surface area contributed by atoms with E-state index in [1.165, 1.54) is 0 Å². The van der Waals surface area contributed by atoms with Crippen molar-refractivity contribution in [1.82, 2.24) is 9.97 Å². The van der Waals surface area contributed by atoms with Crippen LogP contribution in [0.1, 0.15) is 23.2 Å². The number of benzene rings is 1. The minimum absolute atomic E-state index is 0.224. The van der Waals surface area contributed by atoms with Crippen LogP contribution in [0.25, 0.3) is 0 Å². The van der Waals surface area contributed by atoms with Crippen molar-refractivity contribution in [1.29, 1.82) is 0 Å². The SMILES string of the molecule is O=C(O)c1cccc(Nc2ccnc(N3CCC4(CC3)OCCO4)n2)c1. The Morgan fingerprint density at radius 1 is 1.19 bits per heavy atom. The minimum atomic E-state index is -0.962. The average molecular weight is 356 g/mol. The number of nitrogens with one attached hydrogen (secondary N) is 1. The molecule has 8 nitrogen and oxygen atoms in total. The van der Waals surface area contributed by atoms with E-state index in [0.717, 1.165) is 25.9 Å².